The van der Waals surface area contributed by atoms with Gasteiger partial charge in [-0.3, -0.25) is 4.90 Å². The number of hydrogen-bond donors (Lipinski definition) is 0. The summed E-state index contributed by atoms with van der Waals surface area (Å²) in [5.74, 6) is -0.746. The number of halogens is 1. The van der Waals surface area contributed by atoms with Crippen LogP contribution in [0.4, 0.5) is 4.39 Å². The van der Waals surface area contributed by atoms with E-state index in [0.717, 1.165) is 24.1 Å². The maximum absolute atomic E-state index is 14.1. The molecular formula is C14H16FNO2. The van der Waals surface area contributed by atoms with Gasteiger partial charge in [0.2, 0.25) is 0 Å². The van der Waals surface area contributed by atoms with Crippen molar-refractivity contribution in [3.63, 3.8) is 0 Å². The van der Waals surface area contributed by atoms with Crippen LogP contribution in [0.15, 0.2) is 12.1 Å². The van der Waals surface area contributed by atoms with Crippen molar-refractivity contribution in [2.45, 2.75) is 31.8 Å². The molecule has 96 valence electrons. The molecule has 1 atom stereocenters. The van der Waals surface area contributed by atoms with Crippen LogP contribution in [-0.4, -0.2) is 30.6 Å². The predicted molar refractivity (Wildman–Crippen MR) is 64.9 cm³/mol. The molecule has 3 nitrogen and oxygen atoms in total. The molecule has 1 aromatic rings. The van der Waals surface area contributed by atoms with E-state index in [9.17, 15) is 9.18 Å². The highest BCUT2D eigenvalue weighted by atomic mass is 19.1. The number of hydrogen-bond acceptors (Lipinski definition) is 3. The second kappa shape index (κ2) is 4.35. The van der Waals surface area contributed by atoms with E-state index in [-0.39, 0.29) is 5.82 Å². The van der Waals surface area contributed by atoms with Crippen molar-refractivity contribution in [3.8, 4) is 0 Å². The van der Waals surface area contributed by atoms with Crippen molar-refractivity contribution in [1.29, 1.82) is 0 Å². The molecule has 0 N–H and O–H groups in total. The van der Waals surface area contributed by atoms with Crippen LogP contribution in [0.5, 0.6) is 0 Å². The van der Waals surface area contributed by atoms with Gasteiger partial charge < -0.3 is 4.74 Å². The Kier molecular flexibility index (Phi) is 2.82. The van der Waals surface area contributed by atoms with Crippen LogP contribution in [0.2, 0.25) is 0 Å². The van der Waals surface area contributed by atoms with Gasteiger partial charge in [-0.15, -0.1) is 0 Å². The van der Waals surface area contributed by atoms with Crippen molar-refractivity contribution in [2.75, 3.05) is 13.7 Å². The van der Waals surface area contributed by atoms with E-state index in [2.05, 4.69) is 9.64 Å². The van der Waals surface area contributed by atoms with Crippen molar-refractivity contribution in [3.05, 3.63) is 34.6 Å². The summed E-state index contributed by atoms with van der Waals surface area (Å²) in [5.41, 5.74) is 2.04. The summed E-state index contributed by atoms with van der Waals surface area (Å²) >= 11 is 0. The molecule has 1 saturated heterocycles. The lowest BCUT2D eigenvalue weighted by molar-refractivity contribution is 0.0599. The van der Waals surface area contributed by atoms with E-state index in [4.69, 9.17) is 0 Å². The van der Waals surface area contributed by atoms with E-state index >= 15 is 0 Å². The minimum absolute atomic E-state index is 0.279. The highest BCUT2D eigenvalue weighted by Crippen LogP contribution is 2.32. The van der Waals surface area contributed by atoms with Crippen LogP contribution in [-0.2, 0) is 17.7 Å². The van der Waals surface area contributed by atoms with Crippen molar-refractivity contribution in [1.82, 2.24) is 4.90 Å². The van der Waals surface area contributed by atoms with Gasteiger partial charge in [0, 0.05) is 18.2 Å². The first kappa shape index (κ1) is 11.7. The lowest BCUT2D eigenvalue weighted by Crippen LogP contribution is -2.36. The van der Waals surface area contributed by atoms with Gasteiger partial charge in [-0.2, -0.15) is 0 Å². The Balaban J connectivity index is 1.99. The average molecular weight is 249 g/mol. The third-order valence-corrected chi connectivity index (χ3v) is 4.02. The summed E-state index contributed by atoms with van der Waals surface area (Å²) in [4.78, 5) is 13.8. The van der Waals surface area contributed by atoms with E-state index in [1.807, 2.05) is 0 Å². The Bertz CT molecular complexity index is 501. The molecule has 0 amide bonds. The first-order valence-electron chi connectivity index (χ1n) is 6.32. The third kappa shape index (κ3) is 1.81. The van der Waals surface area contributed by atoms with Gasteiger partial charge >= 0.3 is 5.97 Å². The fourth-order valence-electron chi connectivity index (χ4n) is 3.08. The molecule has 0 bridgehead atoms. The largest absolute Gasteiger partial charge is 0.465 e. The summed E-state index contributed by atoms with van der Waals surface area (Å²) in [6.45, 7) is 1.73. The van der Waals surface area contributed by atoms with Gasteiger partial charge in [-0.25, -0.2) is 9.18 Å². The lowest BCUT2D eigenvalue weighted by atomic mass is 9.92. The highest BCUT2D eigenvalue weighted by molar-refractivity contribution is 5.89. The second-order valence-corrected chi connectivity index (χ2v) is 5.06. The monoisotopic (exact) mass is 249 g/mol. The van der Waals surface area contributed by atoms with Crippen LogP contribution in [0.1, 0.15) is 34.3 Å². The zero-order chi connectivity index (χ0) is 12.7. The van der Waals surface area contributed by atoms with Crippen molar-refractivity contribution >= 4 is 5.97 Å². The summed E-state index contributed by atoms with van der Waals surface area (Å²) in [5, 5.41) is 0. The van der Waals surface area contributed by atoms with Crippen LogP contribution in [0, 0.1) is 5.82 Å². The molecule has 0 spiro atoms. The molecular weight excluding hydrogens is 233 g/mol. The molecule has 0 aliphatic carbocycles. The van der Waals surface area contributed by atoms with Crippen molar-refractivity contribution < 1.29 is 13.9 Å². The molecule has 0 saturated carbocycles. The molecule has 2 aliphatic heterocycles. The topological polar surface area (TPSA) is 29.5 Å². The van der Waals surface area contributed by atoms with Crippen molar-refractivity contribution in [2.24, 2.45) is 0 Å². The number of rotatable bonds is 1. The number of carbonyl (C=O) groups is 1. The molecule has 2 heterocycles. The smallest absolute Gasteiger partial charge is 0.337 e. The molecule has 3 rings (SSSR count). The highest BCUT2D eigenvalue weighted by Gasteiger charge is 2.31. The minimum Gasteiger partial charge on any atom is -0.465 e. The Labute approximate surface area is 106 Å². The maximum atomic E-state index is 14.1. The number of nitrogens with zero attached hydrogens (tertiary/aromatic N) is 1. The van der Waals surface area contributed by atoms with Gasteiger partial charge in [-0.05, 0) is 43.5 Å². The van der Waals surface area contributed by atoms with E-state index < -0.39 is 5.97 Å². The van der Waals surface area contributed by atoms with Gasteiger partial charge in [-0.1, -0.05) is 0 Å². The van der Waals surface area contributed by atoms with Crippen LogP contribution >= 0.6 is 0 Å². The fraction of sp³-hybridized carbons (Fsp3) is 0.500. The number of esters is 1. The van der Waals surface area contributed by atoms with Crippen LogP contribution < -0.4 is 0 Å². The predicted octanol–water partition coefficient (Wildman–Crippen LogP) is 2.13. The summed E-state index contributed by atoms with van der Waals surface area (Å²) in [6, 6.07) is 3.60. The minimum atomic E-state index is -0.467. The number of fused-ring (bicyclic) bond motifs is 2. The number of carbonyl (C=O) groups excluding carboxylic acids is 1. The fourth-order valence-corrected chi connectivity index (χ4v) is 3.08. The number of benzene rings is 1. The third-order valence-electron chi connectivity index (χ3n) is 4.02. The summed E-state index contributed by atoms with van der Waals surface area (Å²) < 4.78 is 18.7. The molecule has 1 fully saturated rings. The molecule has 1 aromatic carbocycles. The van der Waals surface area contributed by atoms with Gasteiger partial charge in [0.05, 0.1) is 12.7 Å². The number of methoxy groups -OCH3 is 1. The average Bonchev–Trinajstić information content (AvgIpc) is 2.82. The summed E-state index contributed by atoms with van der Waals surface area (Å²) in [6.07, 6.45) is 3.20. The van der Waals surface area contributed by atoms with Crippen LogP contribution in [0.25, 0.3) is 0 Å². The molecule has 0 aromatic heterocycles. The normalized spacial score (nSPS) is 22.4. The zero-order valence-corrected chi connectivity index (χ0v) is 10.4. The van der Waals surface area contributed by atoms with Crippen LogP contribution in [0.3, 0.4) is 0 Å². The van der Waals surface area contributed by atoms with E-state index in [0.29, 0.717) is 18.2 Å². The molecule has 2 aliphatic rings. The van der Waals surface area contributed by atoms with E-state index in [1.165, 1.54) is 26.0 Å². The Morgan fingerprint density at radius 1 is 1.50 bits per heavy atom. The summed E-state index contributed by atoms with van der Waals surface area (Å²) in [7, 11) is 1.32. The van der Waals surface area contributed by atoms with Gasteiger partial charge in [0.25, 0.3) is 0 Å². The molecule has 4 heteroatoms. The van der Waals surface area contributed by atoms with Gasteiger partial charge in [0.15, 0.2) is 0 Å². The molecule has 0 unspecified atom stereocenters. The zero-order valence-electron chi connectivity index (χ0n) is 10.4. The lowest BCUT2D eigenvalue weighted by Gasteiger charge is -2.31. The molecule has 18 heavy (non-hydrogen) atoms. The second-order valence-electron chi connectivity index (χ2n) is 5.06. The standard InChI is InChI=1S/C14H16FNO2/c1-18-14(17)10-5-9-6-11-3-2-4-16(11)8-12(9)13(15)7-10/h5,7,11H,2-4,6,8H2,1H3/t11-/m0/s1. The maximum Gasteiger partial charge on any atom is 0.337 e. The Hall–Kier alpha value is -1.42. The Morgan fingerprint density at radius 2 is 2.33 bits per heavy atom. The molecule has 0 radical (unpaired) electrons. The Morgan fingerprint density at radius 3 is 3.11 bits per heavy atom. The first-order valence-corrected chi connectivity index (χ1v) is 6.32. The SMILES string of the molecule is COC(=O)c1cc(F)c2c(c1)C[C@@H]1CCCN1C2. The number of ether oxygens (including phenoxy) is 1. The quantitative estimate of drug-likeness (QED) is 0.714. The first-order chi connectivity index (χ1) is 8.69. The van der Waals surface area contributed by atoms with Gasteiger partial charge in [0.1, 0.15) is 5.82 Å². The van der Waals surface area contributed by atoms with E-state index in [1.54, 1.807) is 6.07 Å².